The maximum atomic E-state index is 15.2. The second-order valence-corrected chi connectivity index (χ2v) is 7.62. The summed E-state index contributed by atoms with van der Waals surface area (Å²) in [5.41, 5.74) is 0.0409. The van der Waals surface area contributed by atoms with Gasteiger partial charge < -0.3 is 0 Å². The van der Waals surface area contributed by atoms with Crippen molar-refractivity contribution >= 4 is 10.8 Å². The minimum atomic E-state index is -4.84. The number of aryl methyl sites for hydroxylation is 1. The number of hydrogen-bond donors (Lipinski definition) is 0. The lowest BCUT2D eigenvalue weighted by Crippen LogP contribution is -2.07. The molecule has 0 saturated carbocycles. The lowest BCUT2D eigenvalue weighted by molar-refractivity contribution is -0.139. The third-order valence-corrected chi connectivity index (χ3v) is 5.42. The second-order valence-electron chi connectivity index (χ2n) is 7.62. The van der Waals surface area contributed by atoms with Gasteiger partial charge in [-0.1, -0.05) is 61.9 Å². The van der Waals surface area contributed by atoms with Crippen molar-refractivity contribution in [1.29, 1.82) is 0 Å². The molecule has 0 heterocycles. The van der Waals surface area contributed by atoms with E-state index >= 15 is 4.39 Å². The van der Waals surface area contributed by atoms with E-state index in [4.69, 9.17) is 0 Å². The van der Waals surface area contributed by atoms with E-state index in [2.05, 4.69) is 6.92 Å². The lowest BCUT2D eigenvalue weighted by Gasteiger charge is -2.12. The van der Waals surface area contributed by atoms with E-state index < -0.39 is 29.2 Å². The number of alkyl halides is 3. The third-order valence-electron chi connectivity index (χ3n) is 5.42. The fourth-order valence-electron chi connectivity index (χ4n) is 3.84. The van der Waals surface area contributed by atoms with Crippen LogP contribution in [-0.4, -0.2) is 0 Å². The summed E-state index contributed by atoms with van der Waals surface area (Å²) in [5, 5.41) is 1.16. The first kappa shape index (κ1) is 21.9. The first-order valence-corrected chi connectivity index (χ1v) is 10.1. The maximum absolute atomic E-state index is 15.2. The minimum Gasteiger partial charge on any atom is -0.206 e. The number of halogens is 6. The Morgan fingerprint density at radius 2 is 1.34 bits per heavy atom. The van der Waals surface area contributed by atoms with Crippen LogP contribution in [0.1, 0.15) is 24.5 Å². The van der Waals surface area contributed by atoms with Gasteiger partial charge in [-0.15, -0.1) is 0 Å². The van der Waals surface area contributed by atoms with Crippen LogP contribution >= 0.6 is 0 Å². The molecule has 0 amide bonds. The van der Waals surface area contributed by atoms with E-state index in [0.717, 1.165) is 35.9 Å². The largest absolute Gasteiger partial charge is 0.419 e. The van der Waals surface area contributed by atoms with Crippen molar-refractivity contribution in [3.8, 4) is 22.3 Å². The molecule has 0 radical (unpaired) electrons. The van der Waals surface area contributed by atoms with Crippen molar-refractivity contribution in [3.63, 3.8) is 0 Å². The Morgan fingerprint density at radius 3 is 2.00 bits per heavy atom. The molecule has 4 aromatic rings. The molecule has 4 aromatic carbocycles. The van der Waals surface area contributed by atoms with Crippen LogP contribution in [0, 0.1) is 17.5 Å². The zero-order chi connectivity index (χ0) is 23.0. The zero-order valence-electron chi connectivity index (χ0n) is 17.0. The van der Waals surface area contributed by atoms with Crippen molar-refractivity contribution in [3.05, 3.63) is 95.3 Å². The number of rotatable bonds is 4. The maximum Gasteiger partial charge on any atom is 0.419 e. The van der Waals surface area contributed by atoms with Gasteiger partial charge in [0.25, 0.3) is 0 Å². The average Bonchev–Trinajstić information content (AvgIpc) is 2.73. The van der Waals surface area contributed by atoms with E-state index in [1.165, 1.54) is 12.1 Å². The first-order valence-electron chi connectivity index (χ1n) is 10.1. The Morgan fingerprint density at radius 1 is 0.688 bits per heavy atom. The summed E-state index contributed by atoms with van der Waals surface area (Å²) in [5.74, 6) is -2.76. The molecule has 0 fully saturated rings. The van der Waals surface area contributed by atoms with Gasteiger partial charge in [0, 0.05) is 16.5 Å². The smallest absolute Gasteiger partial charge is 0.206 e. The summed E-state index contributed by atoms with van der Waals surface area (Å²) < 4.78 is 82.1. The number of benzene rings is 4. The molecule has 0 unspecified atom stereocenters. The quantitative estimate of drug-likeness (QED) is 0.277. The highest BCUT2D eigenvalue weighted by molar-refractivity contribution is 5.89. The SMILES string of the molecule is CCCc1ccc2c(F)c(-c3ccc(-c4ccc(C(F)(F)F)c(F)c4)c(F)c3)ccc2c1. The Hall–Kier alpha value is -3.28. The molecule has 6 heteroatoms. The van der Waals surface area contributed by atoms with Gasteiger partial charge in [0.2, 0.25) is 0 Å². The molecule has 0 N–H and O–H groups in total. The van der Waals surface area contributed by atoms with Crippen LogP contribution < -0.4 is 0 Å². The number of fused-ring (bicyclic) bond motifs is 1. The van der Waals surface area contributed by atoms with E-state index in [9.17, 15) is 22.0 Å². The molecule has 0 aliphatic rings. The van der Waals surface area contributed by atoms with Gasteiger partial charge in [0.1, 0.15) is 17.5 Å². The van der Waals surface area contributed by atoms with Gasteiger partial charge >= 0.3 is 6.18 Å². The summed E-state index contributed by atoms with van der Waals surface area (Å²) in [7, 11) is 0. The molecule has 164 valence electrons. The predicted octanol–water partition coefficient (Wildman–Crippen LogP) is 8.56. The summed E-state index contributed by atoms with van der Waals surface area (Å²) in [6.07, 6.45) is -2.98. The van der Waals surface area contributed by atoms with E-state index in [-0.39, 0.29) is 22.3 Å². The van der Waals surface area contributed by atoms with E-state index in [1.807, 2.05) is 12.1 Å². The zero-order valence-corrected chi connectivity index (χ0v) is 17.0. The van der Waals surface area contributed by atoms with Crippen LogP contribution in [0.15, 0.2) is 66.7 Å². The molecule has 0 saturated heterocycles. The normalized spacial score (nSPS) is 11.8. The average molecular weight is 444 g/mol. The molecule has 0 aliphatic carbocycles. The van der Waals surface area contributed by atoms with Crippen molar-refractivity contribution in [2.75, 3.05) is 0 Å². The molecule has 32 heavy (non-hydrogen) atoms. The molecule has 0 aromatic heterocycles. The standard InChI is InChI=1S/C26H18F6/c1-2-3-15-4-8-20-16(12-15)6-10-21(25(20)29)18-5-9-19(23(27)13-18)17-7-11-22(24(28)14-17)26(30,31)32/h4-14H,2-3H2,1H3. The van der Waals surface area contributed by atoms with Crippen LogP contribution in [-0.2, 0) is 12.6 Å². The highest BCUT2D eigenvalue weighted by Crippen LogP contribution is 2.36. The fourth-order valence-corrected chi connectivity index (χ4v) is 3.84. The monoisotopic (exact) mass is 444 g/mol. The molecule has 4 rings (SSSR count). The van der Waals surface area contributed by atoms with Gasteiger partial charge in [-0.2, -0.15) is 13.2 Å². The van der Waals surface area contributed by atoms with E-state index in [0.29, 0.717) is 17.5 Å². The molecular weight excluding hydrogens is 426 g/mol. The van der Waals surface area contributed by atoms with Crippen molar-refractivity contribution in [1.82, 2.24) is 0 Å². The summed E-state index contributed by atoms with van der Waals surface area (Å²) >= 11 is 0. The highest BCUT2D eigenvalue weighted by atomic mass is 19.4. The summed E-state index contributed by atoms with van der Waals surface area (Å²) in [6, 6.07) is 14.9. The van der Waals surface area contributed by atoms with Gasteiger partial charge in [-0.25, -0.2) is 13.2 Å². The predicted molar refractivity (Wildman–Crippen MR) is 114 cm³/mol. The molecule has 0 atom stereocenters. The third kappa shape index (κ3) is 4.09. The molecular formula is C26H18F6. The van der Waals surface area contributed by atoms with Gasteiger partial charge in [-0.3, -0.25) is 0 Å². The van der Waals surface area contributed by atoms with Gasteiger partial charge in [0.15, 0.2) is 0 Å². The first-order chi connectivity index (χ1) is 15.2. The topological polar surface area (TPSA) is 0 Å². The summed E-state index contributed by atoms with van der Waals surface area (Å²) in [4.78, 5) is 0. The van der Waals surface area contributed by atoms with Gasteiger partial charge in [0.05, 0.1) is 5.56 Å². The molecule has 0 spiro atoms. The molecule has 0 aliphatic heterocycles. The number of hydrogen-bond acceptors (Lipinski definition) is 0. The van der Waals surface area contributed by atoms with Crippen LogP contribution in [0.2, 0.25) is 0 Å². The van der Waals surface area contributed by atoms with Gasteiger partial charge in [-0.05, 0) is 46.7 Å². The van der Waals surface area contributed by atoms with Crippen molar-refractivity contribution in [2.45, 2.75) is 25.9 Å². The van der Waals surface area contributed by atoms with Crippen LogP contribution in [0.3, 0.4) is 0 Å². The highest BCUT2D eigenvalue weighted by Gasteiger charge is 2.34. The Bertz CT molecular complexity index is 1300. The minimum absolute atomic E-state index is 0.0398. The van der Waals surface area contributed by atoms with Crippen LogP contribution in [0.4, 0.5) is 26.3 Å². The van der Waals surface area contributed by atoms with Crippen molar-refractivity contribution in [2.24, 2.45) is 0 Å². The van der Waals surface area contributed by atoms with Crippen LogP contribution in [0.25, 0.3) is 33.0 Å². The fraction of sp³-hybridized carbons (Fsp3) is 0.154. The Kier molecular flexibility index (Phi) is 5.71. The Balaban J connectivity index is 1.72. The van der Waals surface area contributed by atoms with Crippen molar-refractivity contribution < 1.29 is 26.3 Å². The Labute approximate surface area is 181 Å². The lowest BCUT2D eigenvalue weighted by atomic mass is 9.95. The summed E-state index contributed by atoms with van der Waals surface area (Å²) in [6.45, 7) is 2.06. The van der Waals surface area contributed by atoms with E-state index in [1.54, 1.807) is 18.2 Å². The van der Waals surface area contributed by atoms with Crippen LogP contribution in [0.5, 0.6) is 0 Å². The second kappa shape index (κ2) is 8.34. The molecule has 0 bridgehead atoms. The molecule has 0 nitrogen and oxygen atoms in total.